The minimum absolute atomic E-state index is 0. The number of aliphatic hydroxyl groups excluding tert-OH is 1. The summed E-state index contributed by atoms with van der Waals surface area (Å²) in [6.45, 7) is 0.752. The van der Waals surface area contributed by atoms with Crippen molar-refractivity contribution < 1.29 is 9.90 Å². The predicted molar refractivity (Wildman–Crippen MR) is 69.9 cm³/mol. The molecule has 1 atom stereocenters. The number of aliphatic hydroxyl groups is 1. The van der Waals surface area contributed by atoms with Crippen molar-refractivity contribution in [2.24, 2.45) is 5.73 Å². The van der Waals surface area contributed by atoms with Crippen molar-refractivity contribution in [2.75, 3.05) is 13.1 Å². The molecule has 0 spiro atoms. The standard InChI is InChI=1S/C12H18N2O2.ClH/c13-8-4-7-12(16)14-9-11(15)10-5-2-1-3-6-10;/h1-3,5-6,11,15H,4,7-9,13H2,(H,14,16);1H. The van der Waals surface area contributed by atoms with Gasteiger partial charge in [-0.1, -0.05) is 30.3 Å². The average Bonchev–Trinajstić information content (AvgIpc) is 2.34. The van der Waals surface area contributed by atoms with Crippen LogP contribution in [0.3, 0.4) is 0 Å². The van der Waals surface area contributed by atoms with E-state index >= 15 is 0 Å². The van der Waals surface area contributed by atoms with Gasteiger partial charge in [0.15, 0.2) is 0 Å². The van der Waals surface area contributed by atoms with Gasteiger partial charge in [-0.15, -0.1) is 12.4 Å². The first-order chi connectivity index (χ1) is 7.74. The molecule has 0 bridgehead atoms. The van der Waals surface area contributed by atoms with Crippen LogP contribution in [0.4, 0.5) is 0 Å². The number of hydrogen-bond donors (Lipinski definition) is 3. The zero-order valence-corrected chi connectivity index (χ0v) is 10.5. The maximum absolute atomic E-state index is 11.3. The quantitative estimate of drug-likeness (QED) is 0.713. The molecule has 1 rings (SSSR count). The second-order valence-electron chi connectivity index (χ2n) is 3.62. The van der Waals surface area contributed by atoms with Gasteiger partial charge < -0.3 is 16.2 Å². The van der Waals surface area contributed by atoms with Crippen LogP contribution in [-0.2, 0) is 4.79 Å². The van der Waals surface area contributed by atoms with E-state index in [2.05, 4.69) is 5.32 Å². The molecule has 17 heavy (non-hydrogen) atoms. The monoisotopic (exact) mass is 258 g/mol. The van der Waals surface area contributed by atoms with Gasteiger partial charge in [-0.2, -0.15) is 0 Å². The van der Waals surface area contributed by atoms with Crippen LogP contribution >= 0.6 is 12.4 Å². The Morgan fingerprint density at radius 1 is 1.35 bits per heavy atom. The molecule has 4 N–H and O–H groups in total. The Balaban J connectivity index is 0.00000256. The van der Waals surface area contributed by atoms with Gasteiger partial charge in [-0.3, -0.25) is 4.79 Å². The first kappa shape index (κ1) is 15.9. The molecule has 0 fully saturated rings. The van der Waals surface area contributed by atoms with Gasteiger partial charge >= 0.3 is 0 Å². The number of hydrogen-bond acceptors (Lipinski definition) is 3. The number of benzene rings is 1. The Kier molecular flexibility index (Phi) is 8.40. The third kappa shape index (κ3) is 6.26. The van der Waals surface area contributed by atoms with E-state index in [1.54, 1.807) is 0 Å². The molecule has 96 valence electrons. The summed E-state index contributed by atoms with van der Waals surface area (Å²) >= 11 is 0. The summed E-state index contributed by atoms with van der Waals surface area (Å²) in [4.78, 5) is 11.3. The summed E-state index contributed by atoms with van der Waals surface area (Å²) < 4.78 is 0. The minimum atomic E-state index is -0.650. The predicted octanol–water partition coefficient (Wildman–Crippen LogP) is 0.997. The van der Waals surface area contributed by atoms with Crippen LogP contribution in [0.15, 0.2) is 30.3 Å². The molecule has 0 radical (unpaired) electrons. The van der Waals surface area contributed by atoms with Crippen LogP contribution in [0.25, 0.3) is 0 Å². The lowest BCUT2D eigenvalue weighted by atomic mass is 10.1. The number of amides is 1. The van der Waals surface area contributed by atoms with Crippen molar-refractivity contribution in [3.63, 3.8) is 0 Å². The molecule has 1 unspecified atom stereocenters. The SMILES string of the molecule is Cl.NCCCC(=O)NCC(O)c1ccccc1. The van der Waals surface area contributed by atoms with E-state index in [4.69, 9.17) is 5.73 Å². The van der Waals surface area contributed by atoms with Crippen LogP contribution < -0.4 is 11.1 Å². The molecule has 0 saturated heterocycles. The van der Waals surface area contributed by atoms with Crippen molar-refractivity contribution in [1.29, 1.82) is 0 Å². The first-order valence-corrected chi connectivity index (χ1v) is 5.44. The summed E-state index contributed by atoms with van der Waals surface area (Å²) in [5, 5.41) is 12.4. The molecule has 1 aromatic rings. The molecular formula is C12H19ClN2O2. The minimum Gasteiger partial charge on any atom is -0.387 e. The summed E-state index contributed by atoms with van der Waals surface area (Å²) in [5.74, 6) is -0.0690. The largest absolute Gasteiger partial charge is 0.387 e. The van der Waals surface area contributed by atoms with Gasteiger partial charge in [-0.05, 0) is 18.5 Å². The fourth-order valence-corrected chi connectivity index (χ4v) is 1.35. The van der Waals surface area contributed by atoms with Crippen LogP contribution in [0.1, 0.15) is 24.5 Å². The van der Waals surface area contributed by atoms with Gasteiger partial charge in [0.1, 0.15) is 0 Å². The van der Waals surface area contributed by atoms with Crippen molar-refractivity contribution >= 4 is 18.3 Å². The number of carbonyl (C=O) groups is 1. The fraction of sp³-hybridized carbons (Fsp3) is 0.417. The normalized spacial score (nSPS) is 11.4. The number of carbonyl (C=O) groups excluding carboxylic acids is 1. The maximum atomic E-state index is 11.3. The van der Waals surface area contributed by atoms with Crippen LogP contribution in [0.2, 0.25) is 0 Å². The molecule has 1 amide bonds. The summed E-state index contributed by atoms with van der Waals surface area (Å²) in [6.07, 6.45) is 0.439. The fourth-order valence-electron chi connectivity index (χ4n) is 1.35. The highest BCUT2D eigenvalue weighted by Crippen LogP contribution is 2.10. The summed E-state index contributed by atoms with van der Waals surface area (Å²) in [7, 11) is 0. The average molecular weight is 259 g/mol. The first-order valence-electron chi connectivity index (χ1n) is 5.44. The van der Waals surface area contributed by atoms with Crippen molar-refractivity contribution in [2.45, 2.75) is 18.9 Å². The van der Waals surface area contributed by atoms with E-state index in [0.717, 1.165) is 5.56 Å². The number of nitrogens with one attached hydrogen (secondary N) is 1. The zero-order valence-electron chi connectivity index (χ0n) is 9.63. The summed E-state index contributed by atoms with van der Waals surface area (Å²) in [5.41, 5.74) is 6.10. The van der Waals surface area contributed by atoms with Crippen LogP contribution in [-0.4, -0.2) is 24.1 Å². The Morgan fingerprint density at radius 2 is 2.00 bits per heavy atom. The molecule has 0 aliphatic carbocycles. The van der Waals surface area contributed by atoms with Crippen molar-refractivity contribution in [1.82, 2.24) is 5.32 Å². The lowest BCUT2D eigenvalue weighted by Crippen LogP contribution is -2.28. The molecule has 0 saturated carbocycles. The smallest absolute Gasteiger partial charge is 0.220 e. The summed E-state index contributed by atoms with van der Waals surface area (Å²) in [6, 6.07) is 9.26. The van der Waals surface area contributed by atoms with Gasteiger partial charge in [0.25, 0.3) is 0 Å². The zero-order chi connectivity index (χ0) is 11.8. The lowest BCUT2D eigenvalue weighted by molar-refractivity contribution is -0.121. The van der Waals surface area contributed by atoms with E-state index in [9.17, 15) is 9.90 Å². The van der Waals surface area contributed by atoms with E-state index in [0.29, 0.717) is 19.4 Å². The molecule has 0 aromatic heterocycles. The second kappa shape index (κ2) is 8.98. The van der Waals surface area contributed by atoms with Gasteiger partial charge in [0.05, 0.1) is 6.10 Å². The topological polar surface area (TPSA) is 75.4 Å². The van der Waals surface area contributed by atoms with Gasteiger partial charge in [0.2, 0.25) is 5.91 Å². The molecular weight excluding hydrogens is 240 g/mol. The van der Waals surface area contributed by atoms with Crippen LogP contribution in [0, 0.1) is 0 Å². The maximum Gasteiger partial charge on any atom is 0.220 e. The number of halogens is 1. The van der Waals surface area contributed by atoms with Crippen LogP contribution in [0.5, 0.6) is 0 Å². The third-order valence-electron chi connectivity index (χ3n) is 2.28. The van der Waals surface area contributed by atoms with Crippen molar-refractivity contribution in [3.8, 4) is 0 Å². The van der Waals surface area contributed by atoms with E-state index < -0.39 is 6.10 Å². The van der Waals surface area contributed by atoms with E-state index in [-0.39, 0.29) is 24.9 Å². The Hall–Kier alpha value is -1.10. The van der Waals surface area contributed by atoms with Crippen molar-refractivity contribution in [3.05, 3.63) is 35.9 Å². The second-order valence-corrected chi connectivity index (χ2v) is 3.62. The molecule has 0 aliphatic heterocycles. The van der Waals surface area contributed by atoms with Gasteiger partial charge in [0, 0.05) is 13.0 Å². The number of nitrogens with two attached hydrogens (primary N) is 1. The van der Waals surface area contributed by atoms with E-state index in [1.807, 2.05) is 30.3 Å². The Labute approximate surface area is 108 Å². The molecule has 1 aromatic carbocycles. The van der Waals surface area contributed by atoms with Gasteiger partial charge in [-0.25, -0.2) is 0 Å². The highest BCUT2D eigenvalue weighted by atomic mass is 35.5. The Bertz CT molecular complexity index is 320. The lowest BCUT2D eigenvalue weighted by Gasteiger charge is -2.11. The molecule has 5 heteroatoms. The molecule has 0 aliphatic rings. The Morgan fingerprint density at radius 3 is 2.59 bits per heavy atom. The van der Waals surface area contributed by atoms with E-state index in [1.165, 1.54) is 0 Å². The highest BCUT2D eigenvalue weighted by Gasteiger charge is 2.08. The molecule has 0 heterocycles. The third-order valence-corrected chi connectivity index (χ3v) is 2.28. The molecule has 4 nitrogen and oxygen atoms in total. The number of rotatable bonds is 6. The highest BCUT2D eigenvalue weighted by molar-refractivity contribution is 5.85.